The predicted molar refractivity (Wildman–Crippen MR) is 73.3 cm³/mol. The van der Waals surface area contributed by atoms with Gasteiger partial charge in [-0.1, -0.05) is 48.5 Å². The number of para-hydroxylation sites is 1. The highest BCUT2D eigenvalue weighted by atomic mass is 16.5. The smallest absolute Gasteiger partial charge is 0.277 e. The van der Waals surface area contributed by atoms with E-state index in [9.17, 15) is 4.79 Å². The number of nitrogens with two attached hydrogens (primary N) is 2. The van der Waals surface area contributed by atoms with Crippen molar-refractivity contribution in [2.75, 3.05) is 0 Å². The number of amides is 1. The fraction of sp³-hybridized carbons (Fsp3) is 0.133. The number of carbonyl (C=O) groups excluding carboxylic acids is 1. The number of ether oxygens (including phenoxy) is 1. The van der Waals surface area contributed by atoms with Crippen molar-refractivity contribution >= 4 is 5.91 Å². The molecule has 4 nitrogen and oxygen atoms in total. The third-order valence-corrected chi connectivity index (χ3v) is 2.77. The van der Waals surface area contributed by atoms with Crippen LogP contribution in [0.15, 0.2) is 60.7 Å². The molecule has 0 radical (unpaired) electrons. The Kier molecular flexibility index (Phi) is 3.82. The Hall–Kier alpha value is -2.33. The zero-order chi connectivity index (χ0) is 13.7. The lowest BCUT2D eigenvalue weighted by molar-refractivity contribution is -0.133. The molecule has 0 heterocycles. The van der Waals surface area contributed by atoms with Crippen LogP contribution >= 0.6 is 0 Å². The van der Waals surface area contributed by atoms with Crippen molar-refractivity contribution in [3.05, 3.63) is 66.2 Å². The van der Waals surface area contributed by atoms with Crippen LogP contribution in [-0.4, -0.2) is 11.6 Å². The molecule has 0 saturated heterocycles. The minimum atomic E-state index is -1.55. The Morgan fingerprint density at radius 2 is 1.53 bits per heavy atom. The summed E-state index contributed by atoms with van der Waals surface area (Å²) in [6.45, 7) is 0. The molecule has 1 unspecified atom stereocenters. The Morgan fingerprint density at radius 1 is 1.00 bits per heavy atom. The maximum Gasteiger partial charge on any atom is 0.277 e. The summed E-state index contributed by atoms with van der Waals surface area (Å²) in [5.41, 5.74) is 10.7. The van der Waals surface area contributed by atoms with Gasteiger partial charge in [0, 0.05) is 6.42 Å². The van der Waals surface area contributed by atoms with Gasteiger partial charge in [0.15, 0.2) is 0 Å². The molecule has 2 aromatic rings. The average Bonchev–Trinajstić information content (AvgIpc) is 2.40. The van der Waals surface area contributed by atoms with Gasteiger partial charge in [-0.05, 0) is 17.7 Å². The van der Waals surface area contributed by atoms with Crippen molar-refractivity contribution in [1.29, 1.82) is 0 Å². The van der Waals surface area contributed by atoms with E-state index in [0.717, 1.165) is 5.56 Å². The van der Waals surface area contributed by atoms with E-state index in [2.05, 4.69) is 0 Å². The first kappa shape index (κ1) is 13.1. The van der Waals surface area contributed by atoms with Crippen LogP contribution in [0.2, 0.25) is 0 Å². The van der Waals surface area contributed by atoms with Crippen LogP contribution < -0.4 is 16.2 Å². The Balaban J connectivity index is 2.21. The lowest BCUT2D eigenvalue weighted by Crippen LogP contribution is -2.58. The number of rotatable bonds is 5. The predicted octanol–water partition coefficient (Wildman–Crippen LogP) is 1.45. The summed E-state index contributed by atoms with van der Waals surface area (Å²) in [5.74, 6) is -0.181. The normalized spacial score (nSPS) is 13.5. The van der Waals surface area contributed by atoms with E-state index >= 15 is 0 Å². The van der Waals surface area contributed by atoms with Crippen LogP contribution in [0.1, 0.15) is 5.56 Å². The minimum Gasteiger partial charge on any atom is -0.463 e. The molecule has 0 aliphatic rings. The summed E-state index contributed by atoms with van der Waals surface area (Å²) in [6, 6.07) is 18.3. The maximum atomic E-state index is 11.6. The first-order chi connectivity index (χ1) is 9.10. The molecular weight excluding hydrogens is 240 g/mol. The van der Waals surface area contributed by atoms with Crippen molar-refractivity contribution < 1.29 is 9.53 Å². The maximum absolute atomic E-state index is 11.6. The first-order valence-electron chi connectivity index (χ1n) is 5.97. The van der Waals surface area contributed by atoms with Gasteiger partial charge in [0.25, 0.3) is 5.91 Å². The van der Waals surface area contributed by atoms with Crippen molar-refractivity contribution in [1.82, 2.24) is 0 Å². The number of benzene rings is 2. The second-order valence-electron chi connectivity index (χ2n) is 4.33. The SMILES string of the molecule is NC(=O)C(N)(Cc1ccccc1)Oc1ccccc1. The molecule has 0 spiro atoms. The lowest BCUT2D eigenvalue weighted by atomic mass is 10.0. The highest BCUT2D eigenvalue weighted by molar-refractivity contribution is 5.83. The second kappa shape index (κ2) is 5.54. The monoisotopic (exact) mass is 256 g/mol. The zero-order valence-electron chi connectivity index (χ0n) is 10.5. The summed E-state index contributed by atoms with van der Waals surface area (Å²) < 4.78 is 5.57. The third-order valence-electron chi connectivity index (χ3n) is 2.77. The van der Waals surface area contributed by atoms with Gasteiger partial charge in [0.1, 0.15) is 5.75 Å². The Labute approximate surface area is 112 Å². The summed E-state index contributed by atoms with van der Waals surface area (Å²) in [4.78, 5) is 11.6. The number of hydrogen-bond acceptors (Lipinski definition) is 3. The summed E-state index contributed by atoms with van der Waals surface area (Å²) in [5, 5.41) is 0. The van der Waals surface area contributed by atoms with Crippen LogP contribution in [-0.2, 0) is 11.2 Å². The molecule has 0 aliphatic carbocycles. The van der Waals surface area contributed by atoms with Gasteiger partial charge in [0.05, 0.1) is 0 Å². The largest absolute Gasteiger partial charge is 0.463 e. The van der Waals surface area contributed by atoms with Crippen molar-refractivity contribution in [2.24, 2.45) is 11.5 Å². The highest BCUT2D eigenvalue weighted by Crippen LogP contribution is 2.18. The summed E-state index contributed by atoms with van der Waals surface area (Å²) in [7, 11) is 0. The molecule has 4 N–H and O–H groups in total. The standard InChI is InChI=1S/C15H16N2O2/c16-14(18)15(17,11-12-7-3-1-4-8-12)19-13-9-5-2-6-10-13/h1-10H,11,17H2,(H2,16,18). The molecule has 0 fully saturated rings. The summed E-state index contributed by atoms with van der Waals surface area (Å²) >= 11 is 0. The van der Waals surface area contributed by atoms with E-state index in [4.69, 9.17) is 16.2 Å². The molecule has 1 amide bonds. The van der Waals surface area contributed by atoms with Gasteiger partial charge in [-0.15, -0.1) is 0 Å². The molecule has 19 heavy (non-hydrogen) atoms. The molecule has 0 aromatic heterocycles. The molecule has 1 atom stereocenters. The van der Waals surface area contributed by atoms with E-state index < -0.39 is 11.6 Å². The minimum absolute atomic E-state index is 0.220. The zero-order valence-corrected chi connectivity index (χ0v) is 10.5. The van der Waals surface area contributed by atoms with Gasteiger partial charge in [-0.2, -0.15) is 0 Å². The van der Waals surface area contributed by atoms with Crippen molar-refractivity contribution in [2.45, 2.75) is 12.1 Å². The van der Waals surface area contributed by atoms with E-state index in [1.807, 2.05) is 36.4 Å². The Morgan fingerprint density at radius 3 is 2.05 bits per heavy atom. The van der Waals surface area contributed by atoms with Gasteiger partial charge >= 0.3 is 0 Å². The molecule has 0 bridgehead atoms. The van der Waals surface area contributed by atoms with E-state index in [-0.39, 0.29) is 6.42 Å². The van der Waals surface area contributed by atoms with Gasteiger partial charge < -0.3 is 10.5 Å². The van der Waals surface area contributed by atoms with Crippen LogP contribution in [0.5, 0.6) is 5.75 Å². The molecule has 98 valence electrons. The van der Waals surface area contributed by atoms with E-state index in [1.165, 1.54) is 0 Å². The van der Waals surface area contributed by atoms with E-state index in [1.54, 1.807) is 24.3 Å². The highest BCUT2D eigenvalue weighted by Gasteiger charge is 2.34. The number of primary amides is 1. The first-order valence-corrected chi connectivity index (χ1v) is 5.97. The number of carbonyl (C=O) groups is 1. The topological polar surface area (TPSA) is 78.3 Å². The second-order valence-corrected chi connectivity index (χ2v) is 4.33. The molecule has 0 aliphatic heterocycles. The van der Waals surface area contributed by atoms with Crippen LogP contribution in [0.4, 0.5) is 0 Å². The fourth-order valence-electron chi connectivity index (χ4n) is 1.77. The van der Waals surface area contributed by atoms with E-state index in [0.29, 0.717) is 5.75 Å². The van der Waals surface area contributed by atoms with Crippen LogP contribution in [0.25, 0.3) is 0 Å². The van der Waals surface area contributed by atoms with Crippen molar-refractivity contribution in [3.8, 4) is 5.75 Å². The number of hydrogen-bond donors (Lipinski definition) is 2. The van der Waals surface area contributed by atoms with Crippen molar-refractivity contribution in [3.63, 3.8) is 0 Å². The van der Waals surface area contributed by atoms with Gasteiger partial charge in [-0.3, -0.25) is 10.5 Å². The quantitative estimate of drug-likeness (QED) is 0.795. The van der Waals surface area contributed by atoms with Crippen LogP contribution in [0, 0.1) is 0 Å². The third kappa shape index (κ3) is 3.33. The summed E-state index contributed by atoms with van der Waals surface area (Å²) in [6.07, 6.45) is 0.220. The molecule has 2 aromatic carbocycles. The Bertz CT molecular complexity index is 499. The van der Waals surface area contributed by atoms with Gasteiger partial charge in [0.2, 0.25) is 5.72 Å². The molecule has 2 rings (SSSR count). The van der Waals surface area contributed by atoms with Crippen LogP contribution in [0.3, 0.4) is 0 Å². The van der Waals surface area contributed by atoms with Gasteiger partial charge in [-0.25, -0.2) is 0 Å². The molecular formula is C15H16N2O2. The lowest BCUT2D eigenvalue weighted by Gasteiger charge is -2.27. The molecule has 0 saturated carbocycles. The molecule has 4 heteroatoms. The fourth-order valence-corrected chi connectivity index (χ4v) is 1.77. The average molecular weight is 256 g/mol.